The lowest BCUT2D eigenvalue weighted by Crippen LogP contribution is -2.33. The highest BCUT2D eigenvalue weighted by atomic mass is 16.5. The lowest BCUT2D eigenvalue weighted by atomic mass is 10.1. The molecule has 1 aromatic carbocycles. The summed E-state index contributed by atoms with van der Waals surface area (Å²) in [7, 11) is 0. The fraction of sp³-hybridized carbons (Fsp3) is 0.421. The lowest BCUT2D eigenvalue weighted by Gasteiger charge is -2.25. The zero-order valence-corrected chi connectivity index (χ0v) is 14.8. The summed E-state index contributed by atoms with van der Waals surface area (Å²) in [6.45, 7) is 3.60. The summed E-state index contributed by atoms with van der Waals surface area (Å²) >= 11 is 0. The van der Waals surface area contributed by atoms with Gasteiger partial charge in [0.1, 0.15) is 11.6 Å². The highest BCUT2D eigenvalue weighted by molar-refractivity contribution is 5.77. The third-order valence-electron chi connectivity index (χ3n) is 4.92. The molecular weight excluding hydrogens is 332 g/mol. The van der Waals surface area contributed by atoms with Gasteiger partial charge in [-0.2, -0.15) is 0 Å². The largest absolute Gasteiger partial charge is 0.395 e. The third-order valence-corrected chi connectivity index (χ3v) is 4.92. The molecule has 7 heteroatoms. The number of para-hydroxylation sites is 1. The van der Waals surface area contributed by atoms with Crippen LogP contribution in [0.4, 0.5) is 0 Å². The highest BCUT2D eigenvalue weighted by Gasteiger charge is 2.30. The predicted molar refractivity (Wildman–Crippen MR) is 96.7 cm³/mol. The number of likely N-dealkylation sites (tertiary alicyclic amines) is 1. The Morgan fingerprint density at radius 2 is 2.19 bits per heavy atom. The number of aliphatic hydroxyl groups excluding tert-OH is 1. The Balaban J connectivity index is 1.76. The predicted octanol–water partition coefficient (Wildman–Crippen LogP) is 2.02. The second kappa shape index (κ2) is 7.01. The summed E-state index contributed by atoms with van der Waals surface area (Å²) in [5.74, 6) is 1.51. The summed E-state index contributed by atoms with van der Waals surface area (Å²) in [5.41, 5.74) is 1.49. The van der Waals surface area contributed by atoms with Crippen molar-refractivity contribution in [2.45, 2.75) is 38.9 Å². The lowest BCUT2D eigenvalue weighted by molar-refractivity contribution is 0.218. The van der Waals surface area contributed by atoms with E-state index in [-0.39, 0.29) is 24.8 Å². The van der Waals surface area contributed by atoms with Crippen LogP contribution in [-0.4, -0.2) is 37.9 Å². The Morgan fingerprint density at radius 3 is 2.96 bits per heavy atom. The molecule has 26 heavy (non-hydrogen) atoms. The van der Waals surface area contributed by atoms with Crippen molar-refractivity contribution >= 4 is 10.9 Å². The Morgan fingerprint density at radius 1 is 1.35 bits per heavy atom. The van der Waals surface area contributed by atoms with Crippen molar-refractivity contribution in [1.29, 1.82) is 0 Å². The molecule has 1 fully saturated rings. The molecule has 1 atom stereocenters. The minimum atomic E-state index is -0.0951. The van der Waals surface area contributed by atoms with Crippen molar-refractivity contribution in [3.05, 3.63) is 58.0 Å². The van der Waals surface area contributed by atoms with E-state index in [0.29, 0.717) is 17.4 Å². The third kappa shape index (κ3) is 3.04. The van der Waals surface area contributed by atoms with Gasteiger partial charge in [-0.15, -0.1) is 0 Å². The summed E-state index contributed by atoms with van der Waals surface area (Å²) in [4.78, 5) is 20.0. The molecule has 7 nitrogen and oxygen atoms in total. The number of hydrogen-bond acceptors (Lipinski definition) is 6. The molecule has 0 amide bonds. The molecule has 1 unspecified atom stereocenters. The molecule has 4 rings (SSSR count). The molecule has 1 aliphatic rings. The first kappa shape index (κ1) is 16.9. The van der Waals surface area contributed by atoms with E-state index in [1.54, 1.807) is 10.6 Å². The van der Waals surface area contributed by atoms with Crippen LogP contribution in [0.1, 0.15) is 36.2 Å². The molecule has 1 aliphatic heterocycles. The first-order valence-corrected chi connectivity index (χ1v) is 8.94. The van der Waals surface area contributed by atoms with Crippen LogP contribution in [0.5, 0.6) is 0 Å². The van der Waals surface area contributed by atoms with Gasteiger partial charge in [0, 0.05) is 12.6 Å². The van der Waals surface area contributed by atoms with E-state index < -0.39 is 0 Å². The molecule has 1 saturated heterocycles. The van der Waals surface area contributed by atoms with E-state index in [1.165, 1.54) is 0 Å². The quantitative estimate of drug-likeness (QED) is 0.755. The van der Waals surface area contributed by atoms with E-state index in [2.05, 4.69) is 10.1 Å². The molecule has 0 radical (unpaired) electrons. The van der Waals surface area contributed by atoms with Crippen LogP contribution in [-0.2, 0) is 13.1 Å². The molecule has 0 aliphatic carbocycles. The van der Waals surface area contributed by atoms with Crippen LogP contribution < -0.4 is 5.56 Å². The standard InChI is InChI=1S/C19H22N4O3/c1-13-11-14(21-26-13)12-22-8-4-7-17(22)18-20-16-6-3-2-5-15(16)19(25)23(18)9-10-24/h2-3,5-6,11,17,24H,4,7-10,12H2,1H3. The molecular formula is C19H22N4O3. The van der Waals surface area contributed by atoms with E-state index in [0.717, 1.165) is 36.7 Å². The van der Waals surface area contributed by atoms with E-state index in [4.69, 9.17) is 9.51 Å². The van der Waals surface area contributed by atoms with E-state index in [1.807, 2.05) is 31.2 Å². The number of rotatable bonds is 5. The highest BCUT2D eigenvalue weighted by Crippen LogP contribution is 2.32. The van der Waals surface area contributed by atoms with Crippen molar-refractivity contribution in [2.24, 2.45) is 0 Å². The second-order valence-electron chi connectivity index (χ2n) is 6.72. The molecule has 3 aromatic rings. The monoisotopic (exact) mass is 354 g/mol. The maximum Gasteiger partial charge on any atom is 0.261 e. The molecule has 2 aromatic heterocycles. The van der Waals surface area contributed by atoms with Crippen LogP contribution in [0.15, 0.2) is 39.6 Å². The molecule has 0 bridgehead atoms. The van der Waals surface area contributed by atoms with Gasteiger partial charge < -0.3 is 9.63 Å². The van der Waals surface area contributed by atoms with Gasteiger partial charge >= 0.3 is 0 Å². The minimum absolute atomic E-state index is 0.0239. The van der Waals surface area contributed by atoms with Gasteiger partial charge in [0.15, 0.2) is 0 Å². The number of benzene rings is 1. The summed E-state index contributed by atoms with van der Waals surface area (Å²) in [5, 5.41) is 14.1. The second-order valence-corrected chi connectivity index (χ2v) is 6.72. The summed E-state index contributed by atoms with van der Waals surface area (Å²) in [6, 6.07) is 9.33. The SMILES string of the molecule is Cc1cc(CN2CCCC2c2nc3ccccc3c(=O)n2CCO)no1. The average Bonchev–Trinajstić information content (AvgIpc) is 3.27. The maximum absolute atomic E-state index is 12.9. The number of hydrogen-bond donors (Lipinski definition) is 1. The fourth-order valence-corrected chi connectivity index (χ4v) is 3.76. The van der Waals surface area contributed by atoms with Crippen molar-refractivity contribution in [3.63, 3.8) is 0 Å². The van der Waals surface area contributed by atoms with Gasteiger partial charge in [-0.1, -0.05) is 17.3 Å². The Labute approximate surface area is 150 Å². The smallest absolute Gasteiger partial charge is 0.261 e. The van der Waals surface area contributed by atoms with Gasteiger partial charge in [0.2, 0.25) is 0 Å². The summed E-state index contributed by atoms with van der Waals surface area (Å²) in [6.07, 6.45) is 1.95. The number of aromatic nitrogens is 3. The average molecular weight is 354 g/mol. The van der Waals surface area contributed by atoms with Gasteiger partial charge in [-0.3, -0.25) is 14.3 Å². The van der Waals surface area contributed by atoms with E-state index >= 15 is 0 Å². The zero-order chi connectivity index (χ0) is 18.1. The number of nitrogens with zero attached hydrogens (tertiary/aromatic N) is 4. The number of fused-ring (bicyclic) bond motifs is 1. The van der Waals surface area contributed by atoms with Crippen LogP contribution in [0.3, 0.4) is 0 Å². The Hall–Kier alpha value is -2.51. The van der Waals surface area contributed by atoms with Gasteiger partial charge in [0.25, 0.3) is 5.56 Å². The number of aryl methyl sites for hydroxylation is 1. The fourth-order valence-electron chi connectivity index (χ4n) is 3.76. The number of aliphatic hydroxyl groups is 1. The molecule has 3 heterocycles. The van der Waals surface area contributed by atoms with Gasteiger partial charge in [-0.05, 0) is 38.4 Å². The van der Waals surface area contributed by atoms with Crippen LogP contribution in [0.2, 0.25) is 0 Å². The molecule has 1 N–H and O–H groups in total. The summed E-state index contributed by atoms with van der Waals surface area (Å²) < 4.78 is 6.80. The minimum Gasteiger partial charge on any atom is -0.395 e. The van der Waals surface area contributed by atoms with Crippen LogP contribution >= 0.6 is 0 Å². The van der Waals surface area contributed by atoms with Crippen molar-refractivity contribution in [3.8, 4) is 0 Å². The van der Waals surface area contributed by atoms with E-state index in [9.17, 15) is 9.90 Å². The Kier molecular flexibility index (Phi) is 4.57. The molecule has 0 spiro atoms. The maximum atomic E-state index is 12.9. The van der Waals surface area contributed by atoms with Gasteiger partial charge in [0.05, 0.1) is 35.8 Å². The first-order valence-electron chi connectivity index (χ1n) is 8.94. The van der Waals surface area contributed by atoms with Gasteiger partial charge in [-0.25, -0.2) is 4.98 Å². The van der Waals surface area contributed by atoms with Crippen molar-refractivity contribution in [2.75, 3.05) is 13.2 Å². The molecule has 136 valence electrons. The first-order chi connectivity index (χ1) is 12.7. The topological polar surface area (TPSA) is 84.4 Å². The zero-order valence-electron chi connectivity index (χ0n) is 14.8. The van der Waals surface area contributed by atoms with Crippen LogP contribution in [0.25, 0.3) is 10.9 Å². The normalized spacial score (nSPS) is 18.0. The Bertz CT molecular complexity index is 978. The van der Waals surface area contributed by atoms with Crippen molar-refractivity contribution < 1.29 is 9.63 Å². The van der Waals surface area contributed by atoms with Crippen LogP contribution in [0, 0.1) is 6.92 Å². The van der Waals surface area contributed by atoms with Crippen molar-refractivity contribution in [1.82, 2.24) is 19.6 Å². The molecule has 0 saturated carbocycles.